The van der Waals surface area contributed by atoms with Gasteiger partial charge in [-0.3, -0.25) is 4.90 Å². The van der Waals surface area contributed by atoms with E-state index in [9.17, 15) is 13.2 Å². The highest BCUT2D eigenvalue weighted by molar-refractivity contribution is 7.89. The highest BCUT2D eigenvalue weighted by Gasteiger charge is 2.23. The normalized spacial score (nSPS) is 18.8. The van der Waals surface area contributed by atoms with Gasteiger partial charge in [0.25, 0.3) is 0 Å². The van der Waals surface area contributed by atoms with Crippen molar-refractivity contribution < 1.29 is 22.7 Å². The maximum atomic E-state index is 12.4. The first-order valence-corrected chi connectivity index (χ1v) is 10.4. The molecule has 0 aliphatic carbocycles. The summed E-state index contributed by atoms with van der Waals surface area (Å²) in [6.07, 6.45) is -0.170. The molecule has 0 spiro atoms. The van der Waals surface area contributed by atoms with Crippen LogP contribution >= 0.6 is 0 Å². The topological polar surface area (TPSA) is 84.9 Å². The molecule has 8 heteroatoms. The van der Waals surface area contributed by atoms with E-state index in [1.807, 2.05) is 0 Å². The van der Waals surface area contributed by atoms with Gasteiger partial charge in [-0.05, 0) is 37.1 Å². The highest BCUT2D eigenvalue weighted by atomic mass is 32.2. The number of hydrogen-bond acceptors (Lipinski definition) is 6. The number of benzene rings is 1. The lowest BCUT2D eigenvalue weighted by atomic mass is 10.2. The molecule has 0 amide bonds. The van der Waals surface area contributed by atoms with Gasteiger partial charge in [-0.25, -0.2) is 17.9 Å². The molecule has 2 rings (SSSR count). The first-order valence-electron chi connectivity index (χ1n) is 8.92. The second-order valence-corrected chi connectivity index (χ2v) is 8.51. The predicted molar refractivity (Wildman–Crippen MR) is 98.6 cm³/mol. The molecule has 0 bridgehead atoms. The van der Waals surface area contributed by atoms with E-state index in [0.29, 0.717) is 24.6 Å². The van der Waals surface area contributed by atoms with E-state index >= 15 is 0 Å². The van der Waals surface area contributed by atoms with Gasteiger partial charge in [-0.2, -0.15) is 0 Å². The van der Waals surface area contributed by atoms with Crippen LogP contribution in [0.1, 0.15) is 31.1 Å². The van der Waals surface area contributed by atoms with Gasteiger partial charge in [-0.1, -0.05) is 13.8 Å². The lowest BCUT2D eigenvalue weighted by molar-refractivity contribution is -0.0280. The average molecular weight is 384 g/mol. The largest absolute Gasteiger partial charge is 0.462 e. The molecule has 26 heavy (non-hydrogen) atoms. The minimum Gasteiger partial charge on any atom is -0.462 e. The van der Waals surface area contributed by atoms with Crippen LogP contribution in [0, 0.1) is 5.92 Å². The number of carbonyl (C=O) groups is 1. The summed E-state index contributed by atoms with van der Waals surface area (Å²) in [5.41, 5.74) is 0.325. The van der Waals surface area contributed by atoms with Crippen molar-refractivity contribution in [1.82, 2.24) is 9.62 Å². The monoisotopic (exact) mass is 384 g/mol. The molecular formula is C18H28N2O5S. The van der Waals surface area contributed by atoms with Gasteiger partial charge in [0.15, 0.2) is 0 Å². The molecule has 1 N–H and O–H groups in total. The molecule has 1 atom stereocenters. The fraction of sp³-hybridized carbons (Fsp3) is 0.611. The van der Waals surface area contributed by atoms with Crippen LogP contribution in [0.15, 0.2) is 29.2 Å². The number of nitrogens with zero attached hydrogens (tertiary/aromatic N) is 1. The van der Waals surface area contributed by atoms with E-state index < -0.39 is 16.0 Å². The molecule has 1 fully saturated rings. The Morgan fingerprint density at radius 1 is 1.35 bits per heavy atom. The summed E-state index contributed by atoms with van der Waals surface area (Å²) in [4.78, 5) is 14.0. The molecule has 1 aliphatic heterocycles. The molecule has 0 aromatic heterocycles. The third kappa shape index (κ3) is 6.05. The maximum Gasteiger partial charge on any atom is 0.338 e. The van der Waals surface area contributed by atoms with E-state index in [0.717, 1.165) is 13.1 Å². The minimum absolute atomic E-state index is 0.111. The molecule has 146 valence electrons. The fourth-order valence-corrected chi connectivity index (χ4v) is 3.92. The van der Waals surface area contributed by atoms with E-state index in [-0.39, 0.29) is 24.2 Å². The van der Waals surface area contributed by atoms with E-state index in [1.165, 1.54) is 24.3 Å². The minimum atomic E-state index is -3.66. The molecule has 7 nitrogen and oxygen atoms in total. The maximum absolute atomic E-state index is 12.4. The summed E-state index contributed by atoms with van der Waals surface area (Å²) < 4.78 is 38.0. The lowest BCUT2D eigenvalue weighted by Gasteiger charge is -2.33. The molecule has 1 saturated heterocycles. The lowest BCUT2D eigenvalue weighted by Crippen LogP contribution is -2.48. The standard InChI is InChI=1S/C18H28N2O5S/c1-4-24-18(21)15-5-7-17(8-6-15)26(22,23)19-11-16-13-20(9-10-25-16)12-14(2)3/h5-8,14,16,19H,4,9-13H2,1-3H3/t16-/m1/s1. The van der Waals surface area contributed by atoms with E-state index in [4.69, 9.17) is 9.47 Å². The van der Waals surface area contributed by atoms with Crippen LogP contribution in [-0.2, 0) is 19.5 Å². The van der Waals surface area contributed by atoms with Crippen molar-refractivity contribution in [2.45, 2.75) is 31.8 Å². The Hall–Kier alpha value is -1.48. The van der Waals surface area contributed by atoms with Crippen molar-refractivity contribution in [3.8, 4) is 0 Å². The van der Waals surface area contributed by atoms with Gasteiger partial charge in [0.2, 0.25) is 10.0 Å². The van der Waals surface area contributed by atoms with Crippen LogP contribution in [0.5, 0.6) is 0 Å². The Labute approximate surface area is 155 Å². The number of sulfonamides is 1. The van der Waals surface area contributed by atoms with Crippen LogP contribution in [0.2, 0.25) is 0 Å². The summed E-state index contributed by atoms with van der Waals surface area (Å²) in [7, 11) is -3.66. The number of morpholine rings is 1. The van der Waals surface area contributed by atoms with Crippen LogP contribution < -0.4 is 4.72 Å². The predicted octanol–water partition coefficient (Wildman–Crippen LogP) is 1.50. The van der Waals surface area contributed by atoms with Crippen LogP contribution in [0.3, 0.4) is 0 Å². The van der Waals surface area contributed by atoms with E-state index in [2.05, 4.69) is 23.5 Å². The molecule has 0 unspecified atom stereocenters. The third-order valence-electron chi connectivity index (χ3n) is 4.02. The average Bonchev–Trinajstić information content (AvgIpc) is 2.60. The first kappa shape index (κ1) is 20.8. The molecule has 1 aromatic carbocycles. The second-order valence-electron chi connectivity index (χ2n) is 6.74. The van der Waals surface area contributed by atoms with Gasteiger partial charge in [-0.15, -0.1) is 0 Å². The molecule has 0 radical (unpaired) electrons. The van der Waals surface area contributed by atoms with Gasteiger partial charge >= 0.3 is 5.97 Å². The van der Waals surface area contributed by atoms with Crippen LogP contribution in [-0.4, -0.2) is 64.8 Å². The zero-order chi connectivity index (χ0) is 19.2. The summed E-state index contributed by atoms with van der Waals surface area (Å²) in [5.74, 6) is 0.0913. The van der Waals surface area contributed by atoms with Crippen molar-refractivity contribution in [2.24, 2.45) is 5.92 Å². The van der Waals surface area contributed by atoms with Crippen LogP contribution in [0.4, 0.5) is 0 Å². The Balaban J connectivity index is 1.93. The zero-order valence-corrected chi connectivity index (χ0v) is 16.4. The number of rotatable bonds is 8. The molecule has 0 saturated carbocycles. The summed E-state index contributed by atoms with van der Waals surface area (Å²) in [5, 5.41) is 0. The number of ether oxygens (including phenoxy) is 2. The number of esters is 1. The summed E-state index contributed by atoms with van der Waals surface area (Å²) >= 11 is 0. The van der Waals surface area contributed by atoms with Gasteiger partial charge < -0.3 is 9.47 Å². The smallest absolute Gasteiger partial charge is 0.338 e. The Morgan fingerprint density at radius 2 is 2.04 bits per heavy atom. The third-order valence-corrected chi connectivity index (χ3v) is 5.46. The summed E-state index contributed by atoms with van der Waals surface area (Å²) in [6.45, 7) is 9.69. The van der Waals surface area contributed by atoms with Crippen molar-refractivity contribution in [2.75, 3.05) is 39.4 Å². The molecule has 1 aromatic rings. The number of nitrogens with one attached hydrogen (secondary N) is 1. The highest BCUT2D eigenvalue weighted by Crippen LogP contribution is 2.13. The zero-order valence-electron chi connectivity index (χ0n) is 15.6. The first-order chi connectivity index (χ1) is 12.3. The van der Waals surface area contributed by atoms with Gasteiger partial charge in [0.1, 0.15) is 0 Å². The summed E-state index contributed by atoms with van der Waals surface area (Å²) in [6, 6.07) is 5.71. The quantitative estimate of drug-likeness (QED) is 0.684. The molecular weight excluding hydrogens is 356 g/mol. The van der Waals surface area contributed by atoms with Gasteiger partial charge in [0, 0.05) is 26.2 Å². The van der Waals surface area contributed by atoms with Crippen LogP contribution in [0.25, 0.3) is 0 Å². The van der Waals surface area contributed by atoms with Crippen molar-refractivity contribution in [3.05, 3.63) is 29.8 Å². The van der Waals surface area contributed by atoms with Crippen molar-refractivity contribution in [3.63, 3.8) is 0 Å². The Morgan fingerprint density at radius 3 is 2.65 bits per heavy atom. The van der Waals surface area contributed by atoms with Crippen molar-refractivity contribution >= 4 is 16.0 Å². The fourth-order valence-electron chi connectivity index (χ4n) is 2.86. The molecule has 1 heterocycles. The number of hydrogen-bond donors (Lipinski definition) is 1. The second kappa shape index (κ2) is 9.45. The SMILES string of the molecule is CCOC(=O)c1ccc(S(=O)(=O)NC[C@@H]2CN(CC(C)C)CCO2)cc1. The number of carbonyl (C=O) groups excluding carboxylic acids is 1. The van der Waals surface area contributed by atoms with Gasteiger partial charge in [0.05, 0.1) is 29.8 Å². The Kier molecular flexibility index (Phi) is 7.57. The molecule has 1 aliphatic rings. The van der Waals surface area contributed by atoms with E-state index in [1.54, 1.807) is 6.92 Å². The van der Waals surface area contributed by atoms with Crippen molar-refractivity contribution in [1.29, 1.82) is 0 Å². The Bertz CT molecular complexity index is 688.